The summed E-state index contributed by atoms with van der Waals surface area (Å²) < 4.78 is 5.03. The molecule has 7 nitrogen and oxygen atoms in total. The molecule has 20 heavy (non-hydrogen) atoms. The van der Waals surface area contributed by atoms with Gasteiger partial charge in [-0.2, -0.15) is 5.26 Å². The molecule has 1 aromatic carbocycles. The van der Waals surface area contributed by atoms with Crippen LogP contribution in [0.5, 0.6) is 5.75 Å². The lowest BCUT2D eigenvalue weighted by atomic mass is 10.1. The number of rotatable bonds is 5. The minimum Gasteiger partial charge on any atom is -0.496 e. The second-order valence-corrected chi connectivity index (χ2v) is 4.27. The predicted molar refractivity (Wildman–Crippen MR) is 71.4 cm³/mol. The molecule has 0 bridgehead atoms. The third kappa shape index (κ3) is 3.23. The Bertz CT molecular complexity index is 565. The summed E-state index contributed by atoms with van der Waals surface area (Å²) in [5, 5.41) is 19.3. The fourth-order valence-corrected chi connectivity index (χ4v) is 1.63. The maximum absolute atomic E-state index is 12.3. The molecular formula is C13H15N3O4. The van der Waals surface area contributed by atoms with Crippen molar-refractivity contribution in [2.24, 2.45) is 0 Å². The lowest BCUT2D eigenvalue weighted by Gasteiger charge is -2.23. The second kappa shape index (κ2) is 6.52. The molecule has 0 aliphatic rings. The molecule has 0 aliphatic heterocycles. The Morgan fingerprint density at radius 1 is 1.60 bits per heavy atom. The van der Waals surface area contributed by atoms with Gasteiger partial charge in [0.2, 0.25) is 0 Å². The van der Waals surface area contributed by atoms with E-state index in [2.05, 4.69) is 0 Å². The van der Waals surface area contributed by atoms with E-state index in [1.807, 2.05) is 6.07 Å². The van der Waals surface area contributed by atoms with Crippen LogP contribution in [-0.4, -0.2) is 35.9 Å². The first-order valence-electron chi connectivity index (χ1n) is 5.89. The van der Waals surface area contributed by atoms with Crippen LogP contribution < -0.4 is 4.74 Å². The molecule has 1 aromatic rings. The number of hydrogen-bond donors (Lipinski definition) is 0. The van der Waals surface area contributed by atoms with Gasteiger partial charge in [-0.05, 0) is 13.0 Å². The van der Waals surface area contributed by atoms with Crippen LogP contribution in [0, 0.1) is 21.4 Å². The van der Waals surface area contributed by atoms with Crippen molar-refractivity contribution >= 4 is 11.6 Å². The van der Waals surface area contributed by atoms with E-state index in [1.54, 1.807) is 14.0 Å². The number of methoxy groups -OCH3 is 1. The molecule has 1 atom stereocenters. The van der Waals surface area contributed by atoms with Crippen molar-refractivity contribution in [3.05, 3.63) is 33.9 Å². The van der Waals surface area contributed by atoms with Gasteiger partial charge in [0.25, 0.3) is 11.6 Å². The Morgan fingerprint density at radius 3 is 2.75 bits per heavy atom. The number of nitriles is 1. The van der Waals surface area contributed by atoms with Crippen LogP contribution in [0.2, 0.25) is 0 Å². The molecule has 0 heterocycles. The van der Waals surface area contributed by atoms with E-state index in [0.29, 0.717) is 0 Å². The summed E-state index contributed by atoms with van der Waals surface area (Å²) in [5.74, 6) is -0.209. The van der Waals surface area contributed by atoms with Gasteiger partial charge in [-0.1, -0.05) is 0 Å². The van der Waals surface area contributed by atoms with Gasteiger partial charge in [0.1, 0.15) is 5.75 Å². The fourth-order valence-electron chi connectivity index (χ4n) is 1.63. The minimum atomic E-state index is -0.557. The SMILES string of the molecule is COc1cc([N+](=O)[O-])ccc1C(=O)N(C)C(C)CC#N. The maximum Gasteiger partial charge on any atom is 0.273 e. The van der Waals surface area contributed by atoms with Crippen molar-refractivity contribution in [3.8, 4) is 11.8 Å². The lowest BCUT2D eigenvalue weighted by Crippen LogP contribution is -2.35. The summed E-state index contributed by atoms with van der Waals surface area (Å²) >= 11 is 0. The van der Waals surface area contributed by atoms with Gasteiger partial charge < -0.3 is 9.64 Å². The molecule has 1 amide bonds. The van der Waals surface area contributed by atoms with Crippen LogP contribution in [0.4, 0.5) is 5.69 Å². The van der Waals surface area contributed by atoms with Crippen LogP contribution >= 0.6 is 0 Å². The molecule has 0 saturated heterocycles. The van der Waals surface area contributed by atoms with Crippen molar-refractivity contribution < 1.29 is 14.5 Å². The highest BCUT2D eigenvalue weighted by Gasteiger charge is 2.22. The minimum absolute atomic E-state index is 0.139. The number of carbonyl (C=O) groups is 1. The van der Waals surface area contributed by atoms with E-state index in [1.165, 1.54) is 30.2 Å². The van der Waals surface area contributed by atoms with E-state index < -0.39 is 4.92 Å². The zero-order valence-corrected chi connectivity index (χ0v) is 11.5. The summed E-state index contributed by atoms with van der Waals surface area (Å²) in [6.45, 7) is 1.75. The largest absolute Gasteiger partial charge is 0.496 e. The zero-order valence-electron chi connectivity index (χ0n) is 11.5. The van der Waals surface area contributed by atoms with Crippen molar-refractivity contribution in [1.29, 1.82) is 5.26 Å². The van der Waals surface area contributed by atoms with Gasteiger partial charge in [-0.15, -0.1) is 0 Å². The van der Waals surface area contributed by atoms with Crippen molar-refractivity contribution in [2.75, 3.05) is 14.2 Å². The summed E-state index contributed by atoms with van der Waals surface area (Å²) in [6, 6.07) is 5.54. The highest BCUT2D eigenvalue weighted by atomic mass is 16.6. The summed E-state index contributed by atoms with van der Waals surface area (Å²) in [4.78, 5) is 23.8. The average molecular weight is 277 g/mol. The highest BCUT2D eigenvalue weighted by molar-refractivity contribution is 5.97. The Kier molecular flexibility index (Phi) is 5.03. The molecule has 0 N–H and O–H groups in total. The van der Waals surface area contributed by atoms with Gasteiger partial charge in [-0.3, -0.25) is 14.9 Å². The molecule has 0 spiro atoms. The van der Waals surface area contributed by atoms with E-state index >= 15 is 0 Å². The van der Waals surface area contributed by atoms with Gasteiger partial charge >= 0.3 is 0 Å². The molecule has 7 heteroatoms. The van der Waals surface area contributed by atoms with E-state index in [4.69, 9.17) is 10.00 Å². The number of nitro groups is 1. The quantitative estimate of drug-likeness (QED) is 0.605. The van der Waals surface area contributed by atoms with Gasteiger partial charge in [0.15, 0.2) is 0 Å². The summed E-state index contributed by atoms with van der Waals surface area (Å²) in [5.41, 5.74) is 0.0801. The summed E-state index contributed by atoms with van der Waals surface area (Å²) in [6.07, 6.45) is 0.206. The number of carbonyl (C=O) groups excluding carboxylic acids is 1. The Hall–Kier alpha value is -2.62. The highest BCUT2D eigenvalue weighted by Crippen LogP contribution is 2.26. The lowest BCUT2D eigenvalue weighted by molar-refractivity contribution is -0.384. The number of nitrogens with zero attached hydrogens (tertiary/aromatic N) is 3. The number of non-ortho nitro benzene ring substituents is 1. The molecule has 0 fully saturated rings. The Balaban J connectivity index is 3.10. The Labute approximate surface area is 116 Å². The van der Waals surface area contributed by atoms with Gasteiger partial charge in [0, 0.05) is 19.2 Å². The average Bonchev–Trinajstić information content (AvgIpc) is 2.45. The first kappa shape index (κ1) is 15.4. The number of hydrogen-bond acceptors (Lipinski definition) is 5. The predicted octanol–water partition coefficient (Wildman–Crippen LogP) is 1.98. The normalized spacial score (nSPS) is 11.3. The Morgan fingerprint density at radius 2 is 2.25 bits per heavy atom. The second-order valence-electron chi connectivity index (χ2n) is 4.27. The van der Waals surface area contributed by atoms with Crippen LogP contribution in [0.1, 0.15) is 23.7 Å². The van der Waals surface area contributed by atoms with Gasteiger partial charge in [-0.25, -0.2) is 0 Å². The van der Waals surface area contributed by atoms with Gasteiger partial charge in [0.05, 0.1) is 36.2 Å². The monoisotopic (exact) mass is 277 g/mol. The molecule has 1 unspecified atom stereocenters. The molecule has 0 saturated carbocycles. The van der Waals surface area contributed by atoms with E-state index in [-0.39, 0.29) is 35.4 Å². The number of nitro benzene ring substituents is 1. The molecule has 1 rings (SSSR count). The van der Waals surface area contributed by atoms with Crippen LogP contribution in [-0.2, 0) is 0 Å². The third-order valence-electron chi connectivity index (χ3n) is 2.99. The summed E-state index contributed by atoms with van der Waals surface area (Å²) in [7, 11) is 2.92. The van der Waals surface area contributed by atoms with Crippen molar-refractivity contribution in [1.82, 2.24) is 4.90 Å². The maximum atomic E-state index is 12.3. The van der Waals surface area contributed by atoms with Crippen molar-refractivity contribution in [3.63, 3.8) is 0 Å². The van der Waals surface area contributed by atoms with Crippen molar-refractivity contribution in [2.45, 2.75) is 19.4 Å². The van der Waals surface area contributed by atoms with E-state index in [9.17, 15) is 14.9 Å². The first-order valence-corrected chi connectivity index (χ1v) is 5.89. The van der Waals surface area contributed by atoms with Crippen LogP contribution in [0.25, 0.3) is 0 Å². The fraction of sp³-hybridized carbons (Fsp3) is 0.385. The smallest absolute Gasteiger partial charge is 0.273 e. The number of benzene rings is 1. The van der Waals surface area contributed by atoms with E-state index in [0.717, 1.165) is 0 Å². The topological polar surface area (TPSA) is 96.5 Å². The van der Waals surface area contributed by atoms with Crippen LogP contribution in [0.3, 0.4) is 0 Å². The molecule has 0 radical (unpaired) electrons. The molecular weight excluding hydrogens is 262 g/mol. The third-order valence-corrected chi connectivity index (χ3v) is 2.99. The number of amides is 1. The number of ether oxygens (including phenoxy) is 1. The molecule has 106 valence electrons. The standard InChI is InChI=1S/C13H15N3O4/c1-9(6-7-14)15(2)13(17)11-5-4-10(16(18)19)8-12(11)20-3/h4-5,8-9H,6H2,1-3H3. The molecule has 0 aliphatic carbocycles. The first-order chi connectivity index (χ1) is 9.42. The molecule has 0 aromatic heterocycles. The van der Waals surface area contributed by atoms with Crippen LogP contribution in [0.15, 0.2) is 18.2 Å². The zero-order chi connectivity index (χ0) is 15.3.